The molecule has 0 unspecified atom stereocenters. The smallest absolute Gasteiger partial charge is 0.276 e. The Balaban J connectivity index is 1.26. The van der Waals surface area contributed by atoms with E-state index in [2.05, 4.69) is 10.3 Å². The van der Waals surface area contributed by atoms with Gasteiger partial charge in [-0.25, -0.2) is 4.98 Å². The lowest BCUT2D eigenvalue weighted by Crippen LogP contribution is -2.25. The van der Waals surface area contributed by atoms with Crippen LogP contribution < -0.4 is 20.3 Å². The van der Waals surface area contributed by atoms with Crippen molar-refractivity contribution in [1.29, 1.82) is 0 Å². The van der Waals surface area contributed by atoms with Crippen LogP contribution in [0.3, 0.4) is 0 Å². The van der Waals surface area contributed by atoms with Crippen LogP contribution in [0.1, 0.15) is 21.5 Å². The zero-order valence-electron chi connectivity index (χ0n) is 18.1. The zero-order valence-corrected chi connectivity index (χ0v) is 18.1. The first-order valence-corrected chi connectivity index (χ1v) is 10.9. The Morgan fingerprint density at radius 3 is 2.76 bits per heavy atom. The highest BCUT2D eigenvalue weighted by Gasteiger charge is 2.15. The van der Waals surface area contributed by atoms with Gasteiger partial charge in [-0.3, -0.25) is 14.2 Å². The van der Waals surface area contributed by atoms with Crippen LogP contribution in [0.2, 0.25) is 0 Å². The molecule has 0 aliphatic carbocycles. The molecular weight excluding hydrogens is 432 g/mol. The standard InChI is InChI=1S/C26H20N4O4/c31-25(28-14-17-8-9-22-23(13-17)34-16-33-22)19-5-1-4-18(12-19)15-30-24-20(6-2-10-27-24)29-11-3-7-21(29)26(30)32/h1-13H,14-16H2,(H,28,31). The second-order valence-electron chi connectivity index (χ2n) is 8.07. The summed E-state index contributed by atoms with van der Waals surface area (Å²) in [5.74, 6) is 1.19. The molecular formula is C26H20N4O4. The molecule has 1 amide bonds. The van der Waals surface area contributed by atoms with Crippen molar-refractivity contribution in [2.24, 2.45) is 0 Å². The van der Waals surface area contributed by atoms with Gasteiger partial charge in [-0.05, 0) is 59.7 Å². The highest BCUT2D eigenvalue weighted by molar-refractivity contribution is 5.94. The minimum absolute atomic E-state index is 0.131. The van der Waals surface area contributed by atoms with Crippen LogP contribution in [-0.4, -0.2) is 26.7 Å². The molecule has 4 heterocycles. The predicted octanol–water partition coefficient (Wildman–Crippen LogP) is 3.36. The summed E-state index contributed by atoms with van der Waals surface area (Å²) in [6.07, 6.45) is 3.53. The van der Waals surface area contributed by atoms with Crippen LogP contribution in [-0.2, 0) is 13.1 Å². The third-order valence-corrected chi connectivity index (χ3v) is 5.91. The minimum Gasteiger partial charge on any atom is -0.454 e. The number of nitrogens with zero attached hydrogens (tertiary/aromatic N) is 3. The SMILES string of the molecule is O=C(NCc1ccc2c(c1)OCO2)c1cccc(Cn2c(=O)c3cccn3c3cccnc32)c1. The predicted molar refractivity (Wildman–Crippen MR) is 126 cm³/mol. The summed E-state index contributed by atoms with van der Waals surface area (Å²) in [6, 6.07) is 20.3. The molecule has 2 aromatic carbocycles. The third kappa shape index (κ3) is 3.45. The van der Waals surface area contributed by atoms with Crippen molar-refractivity contribution in [3.05, 3.63) is 106 Å². The summed E-state index contributed by atoms with van der Waals surface area (Å²) in [7, 11) is 0. The molecule has 3 aromatic heterocycles. The number of hydrogen-bond acceptors (Lipinski definition) is 5. The van der Waals surface area contributed by atoms with Gasteiger partial charge >= 0.3 is 0 Å². The van der Waals surface area contributed by atoms with Crippen LogP contribution in [0.25, 0.3) is 16.7 Å². The normalized spacial score (nSPS) is 12.4. The van der Waals surface area contributed by atoms with Crippen molar-refractivity contribution in [3.63, 3.8) is 0 Å². The maximum Gasteiger partial charge on any atom is 0.276 e. The Bertz CT molecular complexity index is 1620. The van der Waals surface area contributed by atoms with E-state index < -0.39 is 0 Å². The number of amides is 1. The van der Waals surface area contributed by atoms with Crippen molar-refractivity contribution in [2.75, 3.05) is 6.79 Å². The van der Waals surface area contributed by atoms with E-state index in [0.29, 0.717) is 41.3 Å². The van der Waals surface area contributed by atoms with Gasteiger partial charge < -0.3 is 19.2 Å². The van der Waals surface area contributed by atoms with Gasteiger partial charge in [-0.15, -0.1) is 0 Å². The molecule has 34 heavy (non-hydrogen) atoms. The third-order valence-electron chi connectivity index (χ3n) is 5.91. The van der Waals surface area contributed by atoms with Gasteiger partial charge in [0.2, 0.25) is 6.79 Å². The van der Waals surface area contributed by atoms with Gasteiger partial charge in [0.05, 0.1) is 12.1 Å². The molecule has 168 valence electrons. The Hall–Kier alpha value is -4.59. The van der Waals surface area contributed by atoms with E-state index in [1.807, 2.05) is 59.1 Å². The summed E-state index contributed by atoms with van der Waals surface area (Å²) in [6.45, 7) is 0.874. The Kier molecular flexibility index (Phi) is 4.76. The number of pyridine rings is 1. The highest BCUT2D eigenvalue weighted by atomic mass is 16.7. The van der Waals surface area contributed by atoms with Crippen molar-refractivity contribution in [3.8, 4) is 11.5 Å². The molecule has 0 saturated heterocycles. The quantitative estimate of drug-likeness (QED) is 0.442. The molecule has 0 saturated carbocycles. The second kappa shape index (κ2) is 8.08. The molecule has 0 atom stereocenters. The van der Waals surface area contributed by atoms with Gasteiger partial charge in [-0.2, -0.15) is 0 Å². The number of carbonyl (C=O) groups is 1. The van der Waals surface area contributed by atoms with Crippen LogP contribution in [0.5, 0.6) is 11.5 Å². The van der Waals surface area contributed by atoms with E-state index in [0.717, 1.165) is 16.6 Å². The van der Waals surface area contributed by atoms with Gasteiger partial charge in [0.1, 0.15) is 5.52 Å². The number of rotatable bonds is 5. The van der Waals surface area contributed by atoms with E-state index in [-0.39, 0.29) is 18.3 Å². The van der Waals surface area contributed by atoms with Crippen LogP contribution in [0.15, 0.2) is 83.9 Å². The Morgan fingerprint density at radius 2 is 1.82 bits per heavy atom. The number of hydrogen-bond donors (Lipinski definition) is 1. The van der Waals surface area contributed by atoms with Crippen molar-refractivity contribution >= 4 is 22.6 Å². The lowest BCUT2D eigenvalue weighted by atomic mass is 10.1. The lowest BCUT2D eigenvalue weighted by molar-refractivity contribution is 0.0950. The molecule has 6 rings (SSSR count). The van der Waals surface area contributed by atoms with Gasteiger partial charge in [0, 0.05) is 24.5 Å². The molecule has 0 bridgehead atoms. The van der Waals surface area contributed by atoms with E-state index in [1.54, 1.807) is 29.0 Å². The number of carbonyl (C=O) groups excluding carboxylic acids is 1. The molecule has 5 aromatic rings. The maximum atomic E-state index is 13.2. The monoisotopic (exact) mass is 452 g/mol. The number of nitrogens with one attached hydrogen (secondary N) is 1. The highest BCUT2D eigenvalue weighted by Crippen LogP contribution is 2.32. The minimum atomic E-state index is -0.197. The summed E-state index contributed by atoms with van der Waals surface area (Å²) >= 11 is 0. The molecule has 1 aliphatic heterocycles. The molecule has 0 spiro atoms. The number of ether oxygens (including phenoxy) is 2. The fourth-order valence-electron chi connectivity index (χ4n) is 4.26. The van der Waals surface area contributed by atoms with E-state index in [9.17, 15) is 9.59 Å². The number of aromatic nitrogens is 3. The van der Waals surface area contributed by atoms with E-state index in [4.69, 9.17) is 9.47 Å². The first kappa shape index (κ1) is 20.0. The zero-order chi connectivity index (χ0) is 23.1. The lowest BCUT2D eigenvalue weighted by Gasteiger charge is -2.12. The second-order valence-corrected chi connectivity index (χ2v) is 8.07. The fourth-order valence-corrected chi connectivity index (χ4v) is 4.26. The maximum absolute atomic E-state index is 13.2. The largest absolute Gasteiger partial charge is 0.454 e. The number of benzene rings is 2. The van der Waals surface area contributed by atoms with E-state index in [1.165, 1.54) is 0 Å². The molecule has 1 aliphatic rings. The van der Waals surface area contributed by atoms with Gasteiger partial charge in [0.25, 0.3) is 11.5 Å². The topological polar surface area (TPSA) is 86.9 Å². The van der Waals surface area contributed by atoms with Crippen LogP contribution >= 0.6 is 0 Å². The molecule has 0 radical (unpaired) electrons. The number of fused-ring (bicyclic) bond motifs is 4. The molecule has 0 fully saturated rings. The molecule has 8 heteroatoms. The molecule has 1 N–H and O–H groups in total. The van der Waals surface area contributed by atoms with Gasteiger partial charge in [-0.1, -0.05) is 18.2 Å². The first-order chi connectivity index (χ1) is 16.7. The van der Waals surface area contributed by atoms with Crippen LogP contribution in [0.4, 0.5) is 0 Å². The first-order valence-electron chi connectivity index (χ1n) is 10.9. The Morgan fingerprint density at radius 1 is 0.941 bits per heavy atom. The van der Waals surface area contributed by atoms with Crippen LogP contribution in [0, 0.1) is 0 Å². The fraction of sp³-hybridized carbons (Fsp3) is 0.115. The van der Waals surface area contributed by atoms with Gasteiger partial charge in [0.15, 0.2) is 17.1 Å². The summed E-state index contributed by atoms with van der Waals surface area (Å²) < 4.78 is 14.2. The van der Waals surface area contributed by atoms with Crippen molar-refractivity contribution in [2.45, 2.75) is 13.1 Å². The Labute approximate surface area is 194 Å². The summed E-state index contributed by atoms with van der Waals surface area (Å²) in [5.41, 5.74) is 4.16. The van der Waals surface area contributed by atoms with E-state index >= 15 is 0 Å². The average molecular weight is 452 g/mol. The van der Waals surface area contributed by atoms with Crippen molar-refractivity contribution in [1.82, 2.24) is 19.3 Å². The summed E-state index contributed by atoms with van der Waals surface area (Å²) in [5, 5.41) is 2.94. The van der Waals surface area contributed by atoms with Crippen molar-refractivity contribution < 1.29 is 14.3 Å². The molecule has 8 nitrogen and oxygen atoms in total. The average Bonchev–Trinajstić information content (AvgIpc) is 3.55. The summed E-state index contributed by atoms with van der Waals surface area (Å²) in [4.78, 5) is 30.5.